The van der Waals surface area contributed by atoms with E-state index in [0.29, 0.717) is 0 Å². The molecular formula is C19H24N2O2. The Labute approximate surface area is 137 Å². The molecule has 122 valence electrons. The van der Waals surface area contributed by atoms with E-state index in [-0.39, 0.29) is 29.3 Å². The summed E-state index contributed by atoms with van der Waals surface area (Å²) in [5.74, 6) is 0.0379. The first-order valence-electron chi connectivity index (χ1n) is 8.22. The Bertz CT molecular complexity index is 631. The van der Waals surface area contributed by atoms with E-state index in [0.717, 1.165) is 18.4 Å². The Morgan fingerprint density at radius 3 is 2.48 bits per heavy atom. The molecule has 0 bridgehead atoms. The van der Waals surface area contributed by atoms with Gasteiger partial charge in [-0.25, -0.2) is 0 Å². The van der Waals surface area contributed by atoms with Crippen LogP contribution in [0.25, 0.3) is 0 Å². The van der Waals surface area contributed by atoms with Crippen molar-refractivity contribution in [1.29, 1.82) is 0 Å². The minimum atomic E-state index is -0.546. The summed E-state index contributed by atoms with van der Waals surface area (Å²) >= 11 is 0. The summed E-state index contributed by atoms with van der Waals surface area (Å²) in [7, 11) is 0. The first kappa shape index (κ1) is 15.8. The number of carbonyl (C=O) groups is 2. The molecule has 4 nitrogen and oxygen atoms in total. The van der Waals surface area contributed by atoms with Crippen LogP contribution in [0, 0.1) is 5.92 Å². The summed E-state index contributed by atoms with van der Waals surface area (Å²) in [5, 5.41) is 3.03. The molecule has 23 heavy (non-hydrogen) atoms. The van der Waals surface area contributed by atoms with E-state index >= 15 is 0 Å². The molecule has 1 aliphatic heterocycles. The molecule has 3 atom stereocenters. The van der Waals surface area contributed by atoms with Gasteiger partial charge in [-0.3, -0.25) is 9.59 Å². The molecule has 1 aromatic carbocycles. The van der Waals surface area contributed by atoms with E-state index in [9.17, 15) is 9.59 Å². The molecule has 1 unspecified atom stereocenters. The Hall–Kier alpha value is -2.10. The maximum Gasteiger partial charge on any atom is 0.247 e. The fourth-order valence-corrected chi connectivity index (χ4v) is 3.48. The van der Waals surface area contributed by atoms with E-state index in [2.05, 4.69) is 17.5 Å². The van der Waals surface area contributed by atoms with Gasteiger partial charge in [-0.2, -0.15) is 0 Å². The van der Waals surface area contributed by atoms with Gasteiger partial charge < -0.3 is 10.2 Å². The van der Waals surface area contributed by atoms with Crippen LogP contribution in [-0.2, 0) is 9.59 Å². The van der Waals surface area contributed by atoms with E-state index in [1.165, 1.54) is 0 Å². The Balaban J connectivity index is 1.91. The van der Waals surface area contributed by atoms with E-state index < -0.39 is 6.04 Å². The van der Waals surface area contributed by atoms with Gasteiger partial charge in [0.15, 0.2) is 0 Å². The fourth-order valence-electron chi connectivity index (χ4n) is 3.48. The SMILES string of the molecule is CC(C)(C)NC(=O)C(c1ccccc1)N1C(=O)[C@@H]2CC=CC[C@@H]21. The Morgan fingerprint density at radius 2 is 1.83 bits per heavy atom. The van der Waals surface area contributed by atoms with Crippen molar-refractivity contribution >= 4 is 11.8 Å². The maximum atomic E-state index is 12.9. The third-order valence-electron chi connectivity index (χ3n) is 4.47. The van der Waals surface area contributed by atoms with Crippen molar-refractivity contribution in [2.45, 2.75) is 51.2 Å². The zero-order valence-electron chi connectivity index (χ0n) is 14.0. The fraction of sp³-hybridized carbons (Fsp3) is 0.474. The number of likely N-dealkylation sites (tertiary alicyclic amines) is 1. The lowest BCUT2D eigenvalue weighted by molar-refractivity contribution is -0.165. The van der Waals surface area contributed by atoms with Crippen molar-refractivity contribution in [2.75, 3.05) is 0 Å². The largest absolute Gasteiger partial charge is 0.349 e. The standard InChI is InChI=1S/C19H24N2O2/c1-19(2,3)20-17(22)16(13-9-5-4-6-10-13)21-15-12-8-7-11-14(15)18(21)23/h4-10,14-16H,11-12H2,1-3H3,(H,20,22)/t14-,15+,16?/m1/s1. The summed E-state index contributed by atoms with van der Waals surface area (Å²) in [4.78, 5) is 27.3. The highest BCUT2D eigenvalue weighted by molar-refractivity contribution is 5.94. The van der Waals surface area contributed by atoms with E-state index in [4.69, 9.17) is 0 Å². The van der Waals surface area contributed by atoms with Gasteiger partial charge in [0.1, 0.15) is 6.04 Å². The quantitative estimate of drug-likeness (QED) is 0.689. The number of β-lactam (4-membered cyclic amide) rings is 1. The van der Waals surface area contributed by atoms with Crippen molar-refractivity contribution in [3.63, 3.8) is 0 Å². The molecule has 2 amide bonds. The lowest BCUT2D eigenvalue weighted by Gasteiger charge is -2.51. The topological polar surface area (TPSA) is 49.4 Å². The van der Waals surface area contributed by atoms with Gasteiger partial charge in [0.2, 0.25) is 11.8 Å². The second-order valence-electron chi connectivity index (χ2n) is 7.41. The zero-order chi connectivity index (χ0) is 16.6. The normalized spacial score (nSPS) is 24.7. The number of carbonyl (C=O) groups excluding carboxylic acids is 2. The molecule has 3 rings (SSSR count). The van der Waals surface area contributed by atoms with Crippen molar-refractivity contribution in [2.24, 2.45) is 5.92 Å². The molecule has 0 aromatic heterocycles. The van der Waals surface area contributed by atoms with Gasteiger partial charge in [-0.1, -0.05) is 42.5 Å². The van der Waals surface area contributed by atoms with Crippen LogP contribution in [0.5, 0.6) is 0 Å². The minimum absolute atomic E-state index is 0.0497. The van der Waals surface area contributed by atoms with Gasteiger partial charge in [-0.15, -0.1) is 0 Å². The second kappa shape index (κ2) is 5.84. The molecule has 1 aromatic rings. The molecule has 1 fully saturated rings. The van der Waals surface area contributed by atoms with Gasteiger partial charge in [0.25, 0.3) is 0 Å². The van der Waals surface area contributed by atoms with Crippen LogP contribution in [0.1, 0.15) is 45.2 Å². The average molecular weight is 312 g/mol. The molecule has 1 N–H and O–H groups in total. The number of amides is 2. The van der Waals surface area contributed by atoms with Gasteiger partial charge >= 0.3 is 0 Å². The highest BCUT2D eigenvalue weighted by atomic mass is 16.2. The van der Waals surface area contributed by atoms with Crippen molar-refractivity contribution in [3.8, 4) is 0 Å². The summed E-state index contributed by atoms with van der Waals surface area (Å²) in [5.41, 5.74) is 0.541. The third-order valence-corrected chi connectivity index (χ3v) is 4.47. The number of benzene rings is 1. The van der Waals surface area contributed by atoms with Crippen LogP contribution in [0.3, 0.4) is 0 Å². The zero-order valence-corrected chi connectivity index (χ0v) is 14.0. The summed E-state index contributed by atoms with van der Waals surface area (Å²) in [6.07, 6.45) is 5.82. The van der Waals surface area contributed by atoms with Crippen LogP contribution >= 0.6 is 0 Å². The lowest BCUT2D eigenvalue weighted by atomic mass is 9.77. The van der Waals surface area contributed by atoms with Crippen LogP contribution in [0.2, 0.25) is 0 Å². The average Bonchev–Trinajstić information content (AvgIpc) is 2.51. The Morgan fingerprint density at radius 1 is 1.17 bits per heavy atom. The number of hydrogen-bond donors (Lipinski definition) is 1. The van der Waals surface area contributed by atoms with Crippen molar-refractivity contribution in [3.05, 3.63) is 48.0 Å². The molecular weight excluding hydrogens is 288 g/mol. The Kier molecular flexibility index (Phi) is 4.00. The van der Waals surface area contributed by atoms with Crippen LogP contribution < -0.4 is 5.32 Å². The monoisotopic (exact) mass is 312 g/mol. The first-order valence-corrected chi connectivity index (χ1v) is 8.22. The smallest absolute Gasteiger partial charge is 0.247 e. The first-order chi connectivity index (χ1) is 10.9. The van der Waals surface area contributed by atoms with Gasteiger partial charge in [0, 0.05) is 11.6 Å². The van der Waals surface area contributed by atoms with Gasteiger partial charge in [-0.05, 0) is 39.2 Å². The highest BCUT2D eigenvalue weighted by Crippen LogP contribution is 2.41. The highest BCUT2D eigenvalue weighted by Gasteiger charge is 2.52. The van der Waals surface area contributed by atoms with Crippen LogP contribution in [0.15, 0.2) is 42.5 Å². The number of hydrogen-bond acceptors (Lipinski definition) is 2. The number of rotatable bonds is 3. The molecule has 0 saturated carbocycles. The minimum Gasteiger partial charge on any atom is -0.349 e. The van der Waals surface area contributed by atoms with Crippen LogP contribution in [0.4, 0.5) is 0 Å². The number of allylic oxidation sites excluding steroid dienone is 1. The molecule has 1 heterocycles. The molecule has 4 heteroatoms. The number of fused-ring (bicyclic) bond motifs is 1. The summed E-state index contributed by atoms with van der Waals surface area (Å²) in [6, 6.07) is 9.19. The van der Waals surface area contributed by atoms with E-state index in [1.54, 1.807) is 4.90 Å². The predicted molar refractivity (Wildman–Crippen MR) is 89.6 cm³/mol. The van der Waals surface area contributed by atoms with E-state index in [1.807, 2.05) is 51.1 Å². The molecule has 0 radical (unpaired) electrons. The molecule has 1 aliphatic carbocycles. The van der Waals surface area contributed by atoms with Crippen molar-refractivity contribution < 1.29 is 9.59 Å². The maximum absolute atomic E-state index is 12.9. The lowest BCUT2D eigenvalue weighted by Crippen LogP contribution is -2.64. The molecule has 2 aliphatic rings. The van der Waals surface area contributed by atoms with Crippen LogP contribution in [-0.4, -0.2) is 28.3 Å². The predicted octanol–water partition coefficient (Wildman–Crippen LogP) is 2.82. The summed E-state index contributed by atoms with van der Waals surface area (Å²) in [6.45, 7) is 5.87. The third kappa shape index (κ3) is 3.03. The molecule has 1 saturated heterocycles. The van der Waals surface area contributed by atoms with Gasteiger partial charge in [0.05, 0.1) is 5.92 Å². The number of nitrogens with one attached hydrogen (secondary N) is 1. The molecule has 0 spiro atoms. The van der Waals surface area contributed by atoms with Crippen molar-refractivity contribution in [1.82, 2.24) is 10.2 Å². The second-order valence-corrected chi connectivity index (χ2v) is 7.41. The number of nitrogens with zero attached hydrogens (tertiary/aromatic N) is 1. The summed E-state index contributed by atoms with van der Waals surface area (Å²) < 4.78 is 0.